The number of carbonyl (C=O) groups excluding carboxylic acids is 2. The SMILES string of the molecule is COC(=O)[C@](O)(CC(=O)Nc1cccc(F)c1)C(F)(F)F. The number of anilines is 1. The standard InChI is InChI=1S/C12H11F4NO4/c1-21-10(19)11(20,12(14,15)16)6-9(18)17-8-4-2-3-7(13)5-8/h2-5,20H,6H2,1H3,(H,17,18)/t11-/m1/s1. The van der Waals surface area contributed by atoms with E-state index in [9.17, 15) is 32.3 Å². The lowest BCUT2D eigenvalue weighted by molar-refractivity contribution is -0.261. The summed E-state index contributed by atoms with van der Waals surface area (Å²) in [6, 6.07) is 4.38. The van der Waals surface area contributed by atoms with Gasteiger partial charge in [0, 0.05) is 5.69 Å². The van der Waals surface area contributed by atoms with Crippen molar-refractivity contribution in [1.29, 1.82) is 0 Å². The van der Waals surface area contributed by atoms with Crippen LogP contribution >= 0.6 is 0 Å². The van der Waals surface area contributed by atoms with E-state index in [4.69, 9.17) is 0 Å². The van der Waals surface area contributed by atoms with Crippen molar-refractivity contribution in [3.63, 3.8) is 0 Å². The number of amides is 1. The lowest BCUT2D eigenvalue weighted by Crippen LogP contribution is -2.54. The molecule has 21 heavy (non-hydrogen) atoms. The highest BCUT2D eigenvalue weighted by Crippen LogP contribution is 2.34. The van der Waals surface area contributed by atoms with Crippen LogP contribution in [0.4, 0.5) is 23.2 Å². The number of hydrogen-bond acceptors (Lipinski definition) is 4. The number of benzene rings is 1. The number of carbonyl (C=O) groups is 2. The summed E-state index contributed by atoms with van der Waals surface area (Å²) in [5.41, 5.74) is -4.09. The van der Waals surface area contributed by atoms with Crippen LogP contribution in [-0.2, 0) is 14.3 Å². The Morgan fingerprint density at radius 3 is 2.43 bits per heavy atom. The number of alkyl halides is 3. The Labute approximate surface area is 116 Å². The molecule has 0 bridgehead atoms. The van der Waals surface area contributed by atoms with Gasteiger partial charge in [0.1, 0.15) is 5.82 Å². The molecule has 1 aromatic carbocycles. The third kappa shape index (κ3) is 3.91. The van der Waals surface area contributed by atoms with Crippen LogP contribution in [0.2, 0.25) is 0 Å². The summed E-state index contributed by atoms with van der Waals surface area (Å²) in [5.74, 6) is -4.05. The lowest BCUT2D eigenvalue weighted by Gasteiger charge is -2.26. The third-order valence-electron chi connectivity index (χ3n) is 2.52. The van der Waals surface area contributed by atoms with Crippen LogP contribution < -0.4 is 5.32 Å². The maximum absolute atomic E-state index is 12.9. The van der Waals surface area contributed by atoms with Crippen LogP contribution in [0.15, 0.2) is 24.3 Å². The average molecular weight is 309 g/mol. The van der Waals surface area contributed by atoms with Crippen molar-refractivity contribution in [2.24, 2.45) is 0 Å². The Morgan fingerprint density at radius 1 is 1.33 bits per heavy atom. The van der Waals surface area contributed by atoms with Gasteiger partial charge in [-0.2, -0.15) is 13.2 Å². The Kier molecular flexibility index (Phi) is 4.89. The summed E-state index contributed by atoms with van der Waals surface area (Å²) in [4.78, 5) is 22.6. The molecule has 0 aliphatic rings. The first-order valence-corrected chi connectivity index (χ1v) is 5.53. The third-order valence-corrected chi connectivity index (χ3v) is 2.52. The van der Waals surface area contributed by atoms with E-state index in [2.05, 4.69) is 4.74 Å². The second-order valence-corrected chi connectivity index (χ2v) is 4.08. The molecule has 0 heterocycles. The molecule has 0 spiro atoms. The molecule has 0 aliphatic heterocycles. The zero-order valence-electron chi connectivity index (χ0n) is 10.7. The molecule has 9 heteroatoms. The lowest BCUT2D eigenvalue weighted by atomic mass is 9.98. The van der Waals surface area contributed by atoms with Crippen LogP contribution in [0.25, 0.3) is 0 Å². The molecule has 1 rings (SSSR count). The zero-order chi connectivity index (χ0) is 16.3. The molecular formula is C12H11F4NO4. The molecule has 0 radical (unpaired) electrons. The predicted octanol–water partition coefficient (Wildman–Crippen LogP) is 1.62. The van der Waals surface area contributed by atoms with E-state index in [1.807, 2.05) is 5.32 Å². The highest BCUT2D eigenvalue weighted by molar-refractivity contribution is 5.95. The summed E-state index contributed by atoms with van der Waals surface area (Å²) < 4.78 is 54.9. The number of halogens is 4. The molecule has 5 nitrogen and oxygen atoms in total. The number of nitrogens with one attached hydrogen (secondary N) is 1. The second kappa shape index (κ2) is 6.08. The van der Waals surface area contributed by atoms with Crippen LogP contribution in [0.3, 0.4) is 0 Å². The Morgan fingerprint density at radius 2 is 1.95 bits per heavy atom. The molecule has 2 N–H and O–H groups in total. The number of esters is 1. The zero-order valence-corrected chi connectivity index (χ0v) is 10.7. The van der Waals surface area contributed by atoms with Gasteiger partial charge in [0.15, 0.2) is 0 Å². The Balaban J connectivity index is 2.90. The molecular weight excluding hydrogens is 298 g/mol. The van der Waals surface area contributed by atoms with E-state index >= 15 is 0 Å². The summed E-state index contributed by atoms with van der Waals surface area (Å²) in [6.07, 6.45) is -7.01. The highest BCUT2D eigenvalue weighted by atomic mass is 19.4. The molecule has 0 fully saturated rings. The predicted molar refractivity (Wildman–Crippen MR) is 62.7 cm³/mol. The van der Waals surface area contributed by atoms with E-state index < -0.39 is 35.9 Å². The summed E-state index contributed by atoms with van der Waals surface area (Å²) >= 11 is 0. The number of ether oxygens (including phenoxy) is 1. The van der Waals surface area contributed by atoms with Crippen LogP contribution in [0.1, 0.15) is 6.42 Å². The first-order valence-electron chi connectivity index (χ1n) is 5.53. The smallest absolute Gasteiger partial charge is 0.428 e. The van der Waals surface area contributed by atoms with Crippen LogP contribution in [0, 0.1) is 5.82 Å². The Bertz CT molecular complexity index is 546. The van der Waals surface area contributed by atoms with Crippen LogP contribution in [-0.4, -0.2) is 35.9 Å². The molecule has 0 saturated heterocycles. The number of aliphatic hydroxyl groups is 1. The van der Waals surface area contributed by atoms with Gasteiger partial charge in [-0.25, -0.2) is 9.18 Å². The van der Waals surface area contributed by atoms with Gasteiger partial charge in [0.25, 0.3) is 5.60 Å². The minimum absolute atomic E-state index is 0.116. The summed E-state index contributed by atoms with van der Waals surface area (Å²) in [6.45, 7) is 0. The normalized spacial score (nSPS) is 14.2. The van der Waals surface area contributed by atoms with E-state index in [-0.39, 0.29) is 5.69 Å². The second-order valence-electron chi connectivity index (χ2n) is 4.08. The van der Waals surface area contributed by atoms with Crippen molar-refractivity contribution in [3.8, 4) is 0 Å². The van der Waals surface area contributed by atoms with Crippen molar-refractivity contribution >= 4 is 17.6 Å². The maximum atomic E-state index is 12.9. The van der Waals surface area contributed by atoms with Crippen molar-refractivity contribution < 1.29 is 37.0 Å². The number of rotatable bonds is 4. The van der Waals surface area contributed by atoms with Crippen molar-refractivity contribution in [1.82, 2.24) is 0 Å². The molecule has 1 atom stereocenters. The van der Waals surface area contributed by atoms with E-state index in [1.165, 1.54) is 12.1 Å². The number of methoxy groups -OCH3 is 1. The van der Waals surface area contributed by atoms with Gasteiger partial charge in [-0.1, -0.05) is 6.07 Å². The monoisotopic (exact) mass is 309 g/mol. The fraction of sp³-hybridized carbons (Fsp3) is 0.333. The molecule has 0 unspecified atom stereocenters. The topological polar surface area (TPSA) is 75.6 Å². The fourth-order valence-corrected chi connectivity index (χ4v) is 1.46. The van der Waals surface area contributed by atoms with E-state index in [0.717, 1.165) is 12.1 Å². The number of hydrogen-bond donors (Lipinski definition) is 2. The minimum Gasteiger partial charge on any atom is -0.467 e. The first kappa shape index (κ1) is 16.9. The fourth-order valence-electron chi connectivity index (χ4n) is 1.46. The van der Waals surface area contributed by atoms with E-state index in [0.29, 0.717) is 7.11 Å². The van der Waals surface area contributed by atoms with Gasteiger partial charge in [0.05, 0.1) is 13.5 Å². The van der Waals surface area contributed by atoms with Crippen molar-refractivity contribution in [3.05, 3.63) is 30.1 Å². The van der Waals surface area contributed by atoms with Crippen molar-refractivity contribution in [2.75, 3.05) is 12.4 Å². The minimum atomic E-state index is -5.40. The molecule has 0 saturated carbocycles. The van der Waals surface area contributed by atoms with Gasteiger partial charge in [-0.3, -0.25) is 4.79 Å². The van der Waals surface area contributed by atoms with Crippen LogP contribution in [0.5, 0.6) is 0 Å². The Hall–Kier alpha value is -2.16. The van der Waals surface area contributed by atoms with Gasteiger partial charge in [0.2, 0.25) is 5.91 Å². The first-order chi connectivity index (χ1) is 9.60. The largest absolute Gasteiger partial charge is 0.467 e. The molecule has 0 aliphatic carbocycles. The van der Waals surface area contributed by atoms with E-state index in [1.54, 1.807) is 0 Å². The molecule has 0 aromatic heterocycles. The molecule has 116 valence electrons. The van der Waals surface area contributed by atoms with Crippen molar-refractivity contribution in [2.45, 2.75) is 18.2 Å². The van der Waals surface area contributed by atoms with Gasteiger partial charge in [-0.15, -0.1) is 0 Å². The average Bonchev–Trinajstić information content (AvgIpc) is 2.36. The molecule has 1 amide bonds. The summed E-state index contributed by atoms with van der Waals surface area (Å²) in [7, 11) is 0.642. The maximum Gasteiger partial charge on any atom is 0.428 e. The highest BCUT2D eigenvalue weighted by Gasteiger charge is 2.61. The van der Waals surface area contributed by atoms with Gasteiger partial charge < -0.3 is 15.2 Å². The summed E-state index contributed by atoms with van der Waals surface area (Å²) in [5, 5.41) is 11.3. The quantitative estimate of drug-likeness (QED) is 0.654. The van der Waals surface area contributed by atoms with Gasteiger partial charge >= 0.3 is 12.1 Å². The van der Waals surface area contributed by atoms with Gasteiger partial charge in [-0.05, 0) is 18.2 Å². The molecule has 1 aromatic rings.